The maximum Gasteiger partial charge on any atom is 0.0205 e. The molecule has 0 aliphatic heterocycles. The standard InChI is InChI=1S/C22H23N/c1-4-10-19(11-5-1)18-23-17-16-22(20-12-6-2-7-13-20)21-14-8-3-9-15-21/h1-15,22-23H,16-18H2. The molecule has 0 amide bonds. The zero-order chi connectivity index (χ0) is 15.7. The molecular formula is C22H23N. The fraction of sp³-hybridized carbons (Fsp3) is 0.182. The van der Waals surface area contributed by atoms with E-state index in [1.165, 1.54) is 16.7 Å². The Labute approximate surface area is 139 Å². The van der Waals surface area contributed by atoms with Crippen molar-refractivity contribution < 1.29 is 0 Å². The summed E-state index contributed by atoms with van der Waals surface area (Å²) in [5, 5.41) is 3.57. The molecule has 1 heteroatoms. The highest BCUT2D eigenvalue weighted by molar-refractivity contribution is 5.32. The molecule has 0 saturated heterocycles. The van der Waals surface area contributed by atoms with Gasteiger partial charge in [0.1, 0.15) is 0 Å². The van der Waals surface area contributed by atoms with Crippen LogP contribution in [-0.4, -0.2) is 6.54 Å². The summed E-state index contributed by atoms with van der Waals surface area (Å²) >= 11 is 0. The van der Waals surface area contributed by atoms with E-state index in [1.807, 2.05) is 0 Å². The van der Waals surface area contributed by atoms with Crippen LogP contribution >= 0.6 is 0 Å². The average molecular weight is 301 g/mol. The maximum atomic E-state index is 3.57. The van der Waals surface area contributed by atoms with Crippen LogP contribution in [0.3, 0.4) is 0 Å². The maximum absolute atomic E-state index is 3.57. The second-order valence-corrected chi connectivity index (χ2v) is 5.83. The van der Waals surface area contributed by atoms with Gasteiger partial charge in [-0.05, 0) is 29.7 Å². The Hall–Kier alpha value is -2.38. The van der Waals surface area contributed by atoms with E-state index in [0.29, 0.717) is 5.92 Å². The van der Waals surface area contributed by atoms with Gasteiger partial charge in [0.15, 0.2) is 0 Å². The average Bonchev–Trinajstić information content (AvgIpc) is 2.64. The summed E-state index contributed by atoms with van der Waals surface area (Å²) in [6.07, 6.45) is 1.10. The molecule has 0 unspecified atom stereocenters. The summed E-state index contributed by atoms with van der Waals surface area (Å²) in [6.45, 7) is 1.93. The van der Waals surface area contributed by atoms with E-state index in [-0.39, 0.29) is 0 Å². The molecule has 0 atom stereocenters. The lowest BCUT2D eigenvalue weighted by Crippen LogP contribution is -2.17. The first kappa shape index (κ1) is 15.5. The van der Waals surface area contributed by atoms with Crippen molar-refractivity contribution in [2.45, 2.75) is 18.9 Å². The topological polar surface area (TPSA) is 12.0 Å². The van der Waals surface area contributed by atoms with E-state index in [4.69, 9.17) is 0 Å². The van der Waals surface area contributed by atoms with E-state index in [9.17, 15) is 0 Å². The van der Waals surface area contributed by atoms with Crippen molar-refractivity contribution in [1.29, 1.82) is 0 Å². The Morgan fingerprint density at radius 3 is 1.61 bits per heavy atom. The van der Waals surface area contributed by atoms with Crippen LogP contribution in [0.25, 0.3) is 0 Å². The lowest BCUT2D eigenvalue weighted by molar-refractivity contribution is 0.611. The van der Waals surface area contributed by atoms with E-state index < -0.39 is 0 Å². The third-order valence-electron chi connectivity index (χ3n) is 4.19. The van der Waals surface area contributed by atoms with Gasteiger partial charge in [-0.25, -0.2) is 0 Å². The molecular weight excluding hydrogens is 278 g/mol. The van der Waals surface area contributed by atoms with Gasteiger partial charge in [0, 0.05) is 12.5 Å². The van der Waals surface area contributed by atoms with E-state index in [0.717, 1.165) is 19.5 Å². The molecule has 0 saturated carbocycles. The lowest BCUT2D eigenvalue weighted by atomic mass is 9.88. The predicted octanol–water partition coefficient (Wildman–Crippen LogP) is 5.00. The molecule has 23 heavy (non-hydrogen) atoms. The molecule has 0 fully saturated rings. The largest absolute Gasteiger partial charge is 0.313 e. The Morgan fingerprint density at radius 2 is 1.09 bits per heavy atom. The van der Waals surface area contributed by atoms with Crippen molar-refractivity contribution in [2.75, 3.05) is 6.54 Å². The van der Waals surface area contributed by atoms with Crippen molar-refractivity contribution in [3.05, 3.63) is 108 Å². The van der Waals surface area contributed by atoms with Crippen LogP contribution in [0.4, 0.5) is 0 Å². The van der Waals surface area contributed by atoms with Gasteiger partial charge in [-0.2, -0.15) is 0 Å². The fourth-order valence-electron chi connectivity index (χ4n) is 2.97. The fourth-order valence-corrected chi connectivity index (χ4v) is 2.97. The van der Waals surface area contributed by atoms with Crippen LogP contribution in [0.2, 0.25) is 0 Å². The predicted molar refractivity (Wildman–Crippen MR) is 97.5 cm³/mol. The van der Waals surface area contributed by atoms with Crippen LogP contribution in [-0.2, 0) is 6.54 Å². The Bertz CT molecular complexity index is 637. The number of rotatable bonds is 7. The Morgan fingerprint density at radius 1 is 0.609 bits per heavy atom. The quantitative estimate of drug-likeness (QED) is 0.606. The molecule has 3 aromatic carbocycles. The van der Waals surface area contributed by atoms with Crippen LogP contribution in [0.15, 0.2) is 91.0 Å². The number of hydrogen-bond donors (Lipinski definition) is 1. The lowest BCUT2D eigenvalue weighted by Gasteiger charge is -2.18. The minimum atomic E-state index is 0.445. The number of hydrogen-bond acceptors (Lipinski definition) is 1. The Kier molecular flexibility index (Phi) is 5.60. The van der Waals surface area contributed by atoms with E-state index in [1.54, 1.807) is 0 Å². The highest BCUT2D eigenvalue weighted by Gasteiger charge is 2.13. The molecule has 116 valence electrons. The van der Waals surface area contributed by atoms with Crippen LogP contribution in [0.1, 0.15) is 29.0 Å². The second kappa shape index (κ2) is 8.30. The number of nitrogens with one attached hydrogen (secondary N) is 1. The summed E-state index contributed by atoms with van der Waals surface area (Å²) in [6, 6.07) is 32.2. The minimum Gasteiger partial charge on any atom is -0.313 e. The van der Waals surface area contributed by atoms with Gasteiger partial charge in [0.05, 0.1) is 0 Å². The highest BCUT2D eigenvalue weighted by atomic mass is 14.8. The highest BCUT2D eigenvalue weighted by Crippen LogP contribution is 2.27. The van der Waals surface area contributed by atoms with Crippen molar-refractivity contribution in [3.8, 4) is 0 Å². The Balaban J connectivity index is 1.63. The number of benzene rings is 3. The minimum absolute atomic E-state index is 0.445. The molecule has 1 N–H and O–H groups in total. The van der Waals surface area contributed by atoms with Gasteiger partial charge >= 0.3 is 0 Å². The van der Waals surface area contributed by atoms with Crippen molar-refractivity contribution in [1.82, 2.24) is 5.32 Å². The first-order valence-electron chi connectivity index (χ1n) is 8.28. The zero-order valence-electron chi connectivity index (χ0n) is 13.4. The second-order valence-electron chi connectivity index (χ2n) is 5.83. The van der Waals surface area contributed by atoms with E-state index in [2.05, 4.69) is 96.3 Å². The van der Waals surface area contributed by atoms with Crippen LogP contribution < -0.4 is 5.32 Å². The smallest absolute Gasteiger partial charge is 0.0205 e. The van der Waals surface area contributed by atoms with Crippen LogP contribution in [0.5, 0.6) is 0 Å². The third kappa shape index (κ3) is 4.54. The first-order chi connectivity index (χ1) is 11.4. The van der Waals surface area contributed by atoms with Crippen molar-refractivity contribution in [3.63, 3.8) is 0 Å². The molecule has 0 radical (unpaired) electrons. The van der Waals surface area contributed by atoms with Gasteiger partial charge in [-0.3, -0.25) is 0 Å². The summed E-state index contributed by atoms with van der Waals surface area (Å²) in [7, 11) is 0. The van der Waals surface area contributed by atoms with Gasteiger partial charge in [-0.15, -0.1) is 0 Å². The molecule has 0 spiro atoms. The SMILES string of the molecule is c1ccc(CNCCC(c2ccccc2)c2ccccc2)cc1. The van der Waals surface area contributed by atoms with Gasteiger partial charge in [-0.1, -0.05) is 91.0 Å². The van der Waals surface area contributed by atoms with Crippen molar-refractivity contribution >= 4 is 0 Å². The van der Waals surface area contributed by atoms with Gasteiger partial charge in [0.2, 0.25) is 0 Å². The molecule has 3 aromatic rings. The van der Waals surface area contributed by atoms with Gasteiger partial charge in [0.25, 0.3) is 0 Å². The van der Waals surface area contributed by atoms with Gasteiger partial charge < -0.3 is 5.32 Å². The first-order valence-corrected chi connectivity index (χ1v) is 8.28. The summed E-state index contributed by atoms with van der Waals surface area (Å²) in [5.41, 5.74) is 4.11. The monoisotopic (exact) mass is 301 g/mol. The molecule has 0 aliphatic rings. The zero-order valence-corrected chi connectivity index (χ0v) is 13.4. The molecule has 3 rings (SSSR count). The molecule has 0 aromatic heterocycles. The summed E-state index contributed by atoms with van der Waals surface area (Å²) in [5.74, 6) is 0.445. The third-order valence-corrected chi connectivity index (χ3v) is 4.19. The summed E-state index contributed by atoms with van der Waals surface area (Å²) < 4.78 is 0. The normalized spacial score (nSPS) is 10.8. The molecule has 0 heterocycles. The van der Waals surface area contributed by atoms with Crippen molar-refractivity contribution in [2.24, 2.45) is 0 Å². The van der Waals surface area contributed by atoms with E-state index >= 15 is 0 Å². The summed E-state index contributed by atoms with van der Waals surface area (Å²) in [4.78, 5) is 0. The van der Waals surface area contributed by atoms with Crippen LogP contribution in [0, 0.1) is 0 Å². The molecule has 1 nitrogen and oxygen atoms in total. The molecule has 0 bridgehead atoms. The molecule has 0 aliphatic carbocycles.